The summed E-state index contributed by atoms with van der Waals surface area (Å²) in [6, 6.07) is -0.0374. The molecule has 2 fully saturated rings. The van der Waals surface area contributed by atoms with Crippen molar-refractivity contribution >= 4 is 52.3 Å². The second-order valence-electron chi connectivity index (χ2n) is 17.0. The highest BCUT2D eigenvalue weighted by Crippen LogP contribution is 2.48. The number of carbonyl (C=O) groups is 3. The van der Waals surface area contributed by atoms with Gasteiger partial charge in [-0.1, -0.05) is 11.6 Å². The van der Waals surface area contributed by atoms with Crippen LogP contribution in [-0.2, 0) is 20.4 Å². The largest absolute Gasteiger partial charge is 0.492 e. The number of alkyl halides is 6. The standard InChI is InChI=1S/C38H45ClF6N6O8/c1-34(2,3)57-31(52)50-19-11-12-20(50)17-49(16-19)29-23-15-46-26(28(55-10)27(23)47-30(48-29)56-18-37(40,41)42)22-13-21(14-24(39)25(22)38(43,44)45)51(32(53)58-35(4,5)6)33(54)59-36(7,8)9/h13-15,19-20H,11-12,16-18H2,1-10H3. The molecule has 324 valence electrons. The van der Waals surface area contributed by atoms with E-state index in [-0.39, 0.29) is 41.9 Å². The smallest absolute Gasteiger partial charge is 0.424 e. The predicted molar refractivity (Wildman–Crippen MR) is 203 cm³/mol. The van der Waals surface area contributed by atoms with E-state index in [0.29, 0.717) is 17.7 Å². The quantitative estimate of drug-likeness (QED) is 0.172. The van der Waals surface area contributed by atoms with Crippen LogP contribution in [0.15, 0.2) is 18.3 Å². The molecule has 1 aromatic carbocycles. The van der Waals surface area contributed by atoms with Gasteiger partial charge in [0, 0.05) is 24.8 Å². The van der Waals surface area contributed by atoms with E-state index >= 15 is 0 Å². The van der Waals surface area contributed by atoms with Crippen molar-refractivity contribution in [2.75, 3.05) is 36.6 Å². The highest BCUT2D eigenvalue weighted by atomic mass is 35.5. The van der Waals surface area contributed by atoms with Crippen molar-refractivity contribution in [3.8, 4) is 23.0 Å². The maximum Gasteiger partial charge on any atom is 0.424 e. The maximum absolute atomic E-state index is 14.9. The lowest BCUT2D eigenvalue weighted by atomic mass is 10.00. The number of imide groups is 1. The number of pyridine rings is 1. The molecular weight excluding hydrogens is 818 g/mol. The van der Waals surface area contributed by atoms with E-state index in [1.165, 1.54) is 41.5 Å². The van der Waals surface area contributed by atoms with Gasteiger partial charge in [-0.2, -0.15) is 41.2 Å². The average Bonchev–Trinajstić information content (AvgIpc) is 3.32. The third-order valence-electron chi connectivity index (χ3n) is 8.64. The molecule has 4 heterocycles. The fourth-order valence-electron chi connectivity index (χ4n) is 6.65. The molecule has 5 rings (SSSR count). The van der Waals surface area contributed by atoms with Crippen LogP contribution >= 0.6 is 11.6 Å². The fourth-order valence-corrected chi connectivity index (χ4v) is 6.97. The first-order valence-corrected chi connectivity index (χ1v) is 18.7. The van der Waals surface area contributed by atoms with Crippen molar-refractivity contribution in [3.05, 3.63) is 28.9 Å². The number of piperazine rings is 1. The number of hydrogen-bond donors (Lipinski definition) is 0. The molecule has 0 saturated carbocycles. The third kappa shape index (κ3) is 10.6. The second-order valence-corrected chi connectivity index (χ2v) is 17.4. The first kappa shape index (κ1) is 45.1. The number of aromatic nitrogens is 3. The van der Waals surface area contributed by atoms with Gasteiger partial charge in [0.15, 0.2) is 12.4 Å². The van der Waals surface area contributed by atoms with Crippen LogP contribution in [0.2, 0.25) is 5.02 Å². The summed E-state index contributed by atoms with van der Waals surface area (Å²) >= 11 is 6.33. The summed E-state index contributed by atoms with van der Waals surface area (Å²) in [6.07, 6.45) is -10.9. The summed E-state index contributed by atoms with van der Waals surface area (Å²) in [6.45, 7) is 12.7. The molecule has 2 aromatic heterocycles. The van der Waals surface area contributed by atoms with Crippen LogP contribution < -0.4 is 19.3 Å². The Labute approximate surface area is 341 Å². The number of methoxy groups -OCH3 is 1. The van der Waals surface area contributed by atoms with E-state index in [4.69, 9.17) is 35.3 Å². The average molecular weight is 863 g/mol. The van der Waals surface area contributed by atoms with Crippen molar-refractivity contribution in [1.82, 2.24) is 19.9 Å². The molecule has 2 aliphatic heterocycles. The van der Waals surface area contributed by atoms with Crippen molar-refractivity contribution in [1.29, 1.82) is 0 Å². The minimum absolute atomic E-state index is 0.00844. The molecule has 0 spiro atoms. The Morgan fingerprint density at radius 1 is 0.831 bits per heavy atom. The molecule has 3 amide bonds. The van der Waals surface area contributed by atoms with Crippen LogP contribution in [0.3, 0.4) is 0 Å². The van der Waals surface area contributed by atoms with Crippen LogP contribution in [-0.4, -0.2) is 100 Å². The molecule has 2 atom stereocenters. The van der Waals surface area contributed by atoms with Gasteiger partial charge in [0.2, 0.25) is 0 Å². The Morgan fingerprint density at radius 3 is 1.85 bits per heavy atom. The summed E-state index contributed by atoms with van der Waals surface area (Å²) in [7, 11) is 1.07. The third-order valence-corrected chi connectivity index (χ3v) is 8.94. The molecular formula is C38H45ClF6N6O8. The highest BCUT2D eigenvalue weighted by molar-refractivity contribution is 6.32. The minimum atomic E-state index is -5.18. The molecule has 0 radical (unpaired) electrons. The number of fused-ring (bicyclic) bond motifs is 3. The fraction of sp³-hybridized carbons (Fsp3) is 0.579. The molecule has 2 bridgehead atoms. The zero-order valence-corrected chi connectivity index (χ0v) is 34.8. The molecule has 2 saturated heterocycles. The number of rotatable bonds is 6. The minimum Gasteiger partial charge on any atom is -0.492 e. The molecule has 21 heteroatoms. The number of carbonyl (C=O) groups excluding carboxylic acids is 3. The number of amides is 3. The molecule has 2 unspecified atom stereocenters. The first-order chi connectivity index (χ1) is 27.0. The van der Waals surface area contributed by atoms with Gasteiger partial charge < -0.3 is 28.6 Å². The maximum atomic E-state index is 14.9. The van der Waals surface area contributed by atoms with Crippen molar-refractivity contribution in [2.24, 2.45) is 0 Å². The van der Waals surface area contributed by atoms with E-state index in [1.54, 1.807) is 30.6 Å². The Kier molecular flexibility index (Phi) is 12.1. The number of anilines is 2. The van der Waals surface area contributed by atoms with Crippen LogP contribution in [0.5, 0.6) is 11.8 Å². The van der Waals surface area contributed by atoms with Gasteiger partial charge in [-0.15, -0.1) is 0 Å². The molecule has 0 aliphatic carbocycles. The van der Waals surface area contributed by atoms with Gasteiger partial charge in [0.1, 0.15) is 33.8 Å². The molecule has 14 nitrogen and oxygen atoms in total. The number of hydrogen-bond acceptors (Lipinski definition) is 12. The Balaban J connectivity index is 1.72. The van der Waals surface area contributed by atoms with Gasteiger partial charge in [-0.25, -0.2) is 14.4 Å². The summed E-state index contributed by atoms with van der Waals surface area (Å²) in [5.41, 5.74) is -6.79. The van der Waals surface area contributed by atoms with Crippen LogP contribution in [0.1, 0.15) is 80.7 Å². The van der Waals surface area contributed by atoms with Gasteiger partial charge in [-0.3, -0.25) is 9.88 Å². The van der Waals surface area contributed by atoms with Gasteiger partial charge in [-0.05, 0) is 87.3 Å². The number of benzene rings is 1. The van der Waals surface area contributed by atoms with Crippen LogP contribution in [0.4, 0.5) is 52.2 Å². The van der Waals surface area contributed by atoms with Crippen molar-refractivity contribution in [2.45, 2.75) is 116 Å². The van der Waals surface area contributed by atoms with Crippen molar-refractivity contribution < 1.29 is 64.4 Å². The van der Waals surface area contributed by atoms with E-state index in [2.05, 4.69) is 15.0 Å². The summed E-state index contributed by atoms with van der Waals surface area (Å²) in [5.74, 6) is -0.465. The zero-order chi connectivity index (χ0) is 44.2. The topological polar surface area (TPSA) is 146 Å². The Hall–Kier alpha value is -5.01. The summed E-state index contributed by atoms with van der Waals surface area (Å²) in [5, 5.41) is -0.919. The zero-order valence-electron chi connectivity index (χ0n) is 34.0. The molecule has 2 aliphatic rings. The number of ether oxygens (including phenoxy) is 5. The first-order valence-electron chi connectivity index (χ1n) is 18.3. The lowest BCUT2D eigenvalue weighted by molar-refractivity contribution is -0.154. The second kappa shape index (κ2) is 15.9. The monoisotopic (exact) mass is 862 g/mol. The van der Waals surface area contributed by atoms with Crippen molar-refractivity contribution in [3.63, 3.8) is 0 Å². The molecule has 59 heavy (non-hydrogen) atoms. The highest BCUT2D eigenvalue weighted by Gasteiger charge is 2.46. The van der Waals surface area contributed by atoms with Gasteiger partial charge >= 0.3 is 36.6 Å². The number of nitrogens with zero attached hydrogens (tertiary/aromatic N) is 6. The summed E-state index contributed by atoms with van der Waals surface area (Å²) < 4.78 is 112. The Bertz CT molecular complexity index is 2070. The molecule has 0 N–H and O–H groups in total. The normalized spacial score (nSPS) is 17.5. The van der Waals surface area contributed by atoms with E-state index in [0.717, 1.165) is 25.4 Å². The predicted octanol–water partition coefficient (Wildman–Crippen LogP) is 9.58. The lowest BCUT2D eigenvalue weighted by Crippen LogP contribution is -2.57. The lowest BCUT2D eigenvalue weighted by Gasteiger charge is -2.42. The van der Waals surface area contributed by atoms with E-state index < -0.39 is 93.3 Å². The number of halogens is 7. The molecule has 3 aromatic rings. The van der Waals surface area contributed by atoms with Crippen LogP contribution in [0, 0.1) is 0 Å². The van der Waals surface area contributed by atoms with E-state index in [9.17, 15) is 40.7 Å². The summed E-state index contributed by atoms with van der Waals surface area (Å²) in [4.78, 5) is 56.6. The Morgan fingerprint density at radius 2 is 1.37 bits per heavy atom. The SMILES string of the molecule is COc1c(-c2cc(N(C(=O)OC(C)(C)C)C(=O)OC(C)(C)C)cc(Cl)c2C(F)(F)F)ncc2c(N3CC4CCC(C3)N4C(=O)OC(C)(C)C)nc(OCC(F)(F)F)nc12. The van der Waals surface area contributed by atoms with Gasteiger partial charge in [0.05, 0.1) is 40.9 Å². The van der Waals surface area contributed by atoms with Crippen LogP contribution in [0.25, 0.3) is 22.2 Å². The van der Waals surface area contributed by atoms with Gasteiger partial charge in [0.25, 0.3) is 0 Å². The van der Waals surface area contributed by atoms with E-state index in [1.807, 2.05) is 0 Å².